The number of aromatic nitrogens is 3. The van der Waals surface area contributed by atoms with Gasteiger partial charge in [0.15, 0.2) is 0 Å². The molecule has 7 heteroatoms. The second-order valence-electron chi connectivity index (χ2n) is 4.31. The number of para-hydroxylation sites is 1. The van der Waals surface area contributed by atoms with Gasteiger partial charge in [-0.05, 0) is 26.0 Å². The predicted molar refractivity (Wildman–Crippen MR) is 82.6 cm³/mol. The Hall–Kier alpha value is -2.44. The molecule has 2 N–H and O–H groups in total. The summed E-state index contributed by atoms with van der Waals surface area (Å²) in [5.41, 5.74) is 0.330. The second-order valence-corrected chi connectivity index (χ2v) is 4.31. The molecule has 0 spiro atoms. The smallest absolute Gasteiger partial charge is 0.233 e. The number of benzene rings is 1. The van der Waals surface area contributed by atoms with Gasteiger partial charge in [-0.2, -0.15) is 15.0 Å². The van der Waals surface area contributed by atoms with Crippen molar-refractivity contribution >= 4 is 23.5 Å². The van der Waals surface area contributed by atoms with E-state index in [1.165, 1.54) is 6.07 Å². The predicted octanol–water partition coefficient (Wildman–Crippen LogP) is 2.64. The van der Waals surface area contributed by atoms with Crippen molar-refractivity contribution in [3.8, 4) is 0 Å². The fraction of sp³-hybridized carbons (Fsp3) is 0.357. The van der Waals surface area contributed by atoms with Crippen LogP contribution in [0.1, 0.15) is 13.8 Å². The Kier molecular flexibility index (Phi) is 4.86. The molecule has 0 unspecified atom stereocenters. The van der Waals surface area contributed by atoms with Gasteiger partial charge in [0.1, 0.15) is 5.82 Å². The molecule has 6 nitrogen and oxygen atoms in total. The van der Waals surface area contributed by atoms with Crippen LogP contribution >= 0.6 is 0 Å². The molecular formula is C14H19FN6. The van der Waals surface area contributed by atoms with Gasteiger partial charge in [0.25, 0.3) is 0 Å². The average Bonchev–Trinajstić information content (AvgIpc) is 2.50. The second kappa shape index (κ2) is 6.83. The summed E-state index contributed by atoms with van der Waals surface area (Å²) in [7, 11) is 1.73. The molecule has 1 heterocycles. The maximum Gasteiger partial charge on any atom is 0.233 e. The highest BCUT2D eigenvalue weighted by Crippen LogP contribution is 2.19. The van der Waals surface area contributed by atoms with Crippen molar-refractivity contribution in [2.45, 2.75) is 13.8 Å². The number of hydrogen-bond donors (Lipinski definition) is 2. The Morgan fingerprint density at radius 2 is 1.71 bits per heavy atom. The molecule has 0 aliphatic rings. The highest BCUT2D eigenvalue weighted by molar-refractivity contribution is 5.56. The first-order valence-electron chi connectivity index (χ1n) is 6.88. The summed E-state index contributed by atoms with van der Waals surface area (Å²) in [5.74, 6) is 0.943. The van der Waals surface area contributed by atoms with Crippen LogP contribution in [0.25, 0.3) is 0 Å². The molecular weight excluding hydrogens is 271 g/mol. The fourth-order valence-corrected chi connectivity index (χ4v) is 1.86. The van der Waals surface area contributed by atoms with Crippen LogP contribution in [0.4, 0.5) is 27.9 Å². The van der Waals surface area contributed by atoms with Gasteiger partial charge in [-0.15, -0.1) is 0 Å². The quantitative estimate of drug-likeness (QED) is 0.852. The van der Waals surface area contributed by atoms with Crippen LogP contribution in [0, 0.1) is 5.82 Å². The van der Waals surface area contributed by atoms with Crippen molar-refractivity contribution in [3.63, 3.8) is 0 Å². The Morgan fingerprint density at radius 3 is 2.33 bits per heavy atom. The number of anilines is 4. The Balaban J connectivity index is 2.35. The molecule has 21 heavy (non-hydrogen) atoms. The molecule has 0 aliphatic heterocycles. The summed E-state index contributed by atoms with van der Waals surface area (Å²) >= 11 is 0. The molecule has 0 radical (unpaired) electrons. The molecule has 1 aromatic carbocycles. The third kappa shape index (κ3) is 3.56. The molecule has 2 rings (SSSR count). The monoisotopic (exact) mass is 290 g/mol. The summed E-state index contributed by atoms with van der Waals surface area (Å²) in [6.45, 7) is 5.61. The van der Waals surface area contributed by atoms with Crippen LogP contribution in [0.15, 0.2) is 24.3 Å². The van der Waals surface area contributed by atoms with E-state index in [1.807, 2.05) is 18.7 Å². The molecule has 0 atom stereocenters. The largest absolute Gasteiger partial charge is 0.357 e. The van der Waals surface area contributed by atoms with E-state index in [-0.39, 0.29) is 5.82 Å². The van der Waals surface area contributed by atoms with E-state index in [4.69, 9.17) is 0 Å². The van der Waals surface area contributed by atoms with E-state index in [0.717, 1.165) is 13.1 Å². The fourth-order valence-electron chi connectivity index (χ4n) is 1.86. The maximum atomic E-state index is 13.7. The SMILES string of the molecule is CCN(CC)c1nc(NC)nc(Nc2ccccc2F)n1. The van der Waals surface area contributed by atoms with Gasteiger partial charge in [-0.3, -0.25) is 0 Å². The van der Waals surface area contributed by atoms with Gasteiger partial charge >= 0.3 is 0 Å². The number of halogens is 1. The highest BCUT2D eigenvalue weighted by atomic mass is 19.1. The van der Waals surface area contributed by atoms with Gasteiger partial charge in [-0.1, -0.05) is 12.1 Å². The first-order valence-corrected chi connectivity index (χ1v) is 6.88. The third-order valence-corrected chi connectivity index (χ3v) is 3.01. The van der Waals surface area contributed by atoms with Crippen LogP contribution in [0.3, 0.4) is 0 Å². The first-order chi connectivity index (χ1) is 10.2. The Morgan fingerprint density at radius 1 is 1.05 bits per heavy atom. The summed E-state index contributed by atoms with van der Waals surface area (Å²) in [5, 5.41) is 5.78. The van der Waals surface area contributed by atoms with E-state index in [1.54, 1.807) is 25.2 Å². The van der Waals surface area contributed by atoms with Crippen molar-refractivity contribution in [1.82, 2.24) is 15.0 Å². The van der Waals surface area contributed by atoms with Crippen LogP contribution in [-0.2, 0) is 0 Å². The molecule has 0 aliphatic carbocycles. The third-order valence-electron chi connectivity index (χ3n) is 3.01. The summed E-state index contributed by atoms with van der Waals surface area (Å²) in [4.78, 5) is 14.9. The normalized spacial score (nSPS) is 10.3. The minimum Gasteiger partial charge on any atom is -0.357 e. The van der Waals surface area contributed by atoms with Gasteiger partial charge in [-0.25, -0.2) is 4.39 Å². The molecule has 2 aromatic rings. The van der Waals surface area contributed by atoms with Crippen LogP contribution in [-0.4, -0.2) is 35.1 Å². The summed E-state index contributed by atoms with van der Waals surface area (Å²) < 4.78 is 13.7. The number of nitrogens with zero attached hydrogens (tertiary/aromatic N) is 4. The van der Waals surface area contributed by atoms with Crippen molar-refractivity contribution < 1.29 is 4.39 Å². The van der Waals surface area contributed by atoms with Crippen LogP contribution in [0.2, 0.25) is 0 Å². The standard InChI is InChI=1S/C14H19FN6/c1-4-21(5-2)14-19-12(16-3)18-13(20-14)17-11-9-7-6-8-10(11)15/h6-9H,4-5H2,1-3H3,(H2,16,17,18,19,20). The van der Waals surface area contributed by atoms with Gasteiger partial charge in [0.05, 0.1) is 5.69 Å². The van der Waals surface area contributed by atoms with Crippen molar-refractivity contribution in [3.05, 3.63) is 30.1 Å². The van der Waals surface area contributed by atoms with Crippen molar-refractivity contribution in [1.29, 1.82) is 0 Å². The Bertz CT molecular complexity index is 600. The molecule has 112 valence electrons. The van der Waals surface area contributed by atoms with E-state index in [2.05, 4.69) is 25.6 Å². The molecule has 0 bridgehead atoms. The number of hydrogen-bond acceptors (Lipinski definition) is 6. The topological polar surface area (TPSA) is 66.0 Å². The zero-order chi connectivity index (χ0) is 15.2. The van der Waals surface area contributed by atoms with E-state index in [0.29, 0.717) is 23.5 Å². The Labute approximate surface area is 123 Å². The van der Waals surface area contributed by atoms with E-state index >= 15 is 0 Å². The zero-order valence-electron chi connectivity index (χ0n) is 12.4. The highest BCUT2D eigenvalue weighted by Gasteiger charge is 2.11. The zero-order valence-corrected chi connectivity index (χ0v) is 12.4. The molecule has 0 saturated heterocycles. The van der Waals surface area contributed by atoms with Gasteiger partial charge < -0.3 is 15.5 Å². The maximum absolute atomic E-state index is 13.7. The van der Waals surface area contributed by atoms with Crippen molar-refractivity contribution in [2.24, 2.45) is 0 Å². The van der Waals surface area contributed by atoms with Crippen LogP contribution < -0.4 is 15.5 Å². The minimum absolute atomic E-state index is 0.307. The lowest BCUT2D eigenvalue weighted by atomic mass is 10.3. The number of rotatable bonds is 6. The molecule has 0 amide bonds. The van der Waals surface area contributed by atoms with Gasteiger partial charge in [0.2, 0.25) is 17.8 Å². The lowest BCUT2D eigenvalue weighted by Crippen LogP contribution is -2.25. The minimum atomic E-state index is -0.353. The van der Waals surface area contributed by atoms with E-state index < -0.39 is 0 Å². The first kappa shape index (κ1) is 15.0. The summed E-state index contributed by atoms with van der Waals surface area (Å²) in [6.07, 6.45) is 0. The molecule has 0 fully saturated rings. The number of nitrogens with one attached hydrogen (secondary N) is 2. The molecule has 0 saturated carbocycles. The lowest BCUT2D eigenvalue weighted by molar-refractivity contribution is 0.631. The average molecular weight is 290 g/mol. The van der Waals surface area contributed by atoms with Gasteiger partial charge in [0, 0.05) is 20.1 Å². The van der Waals surface area contributed by atoms with E-state index in [9.17, 15) is 4.39 Å². The van der Waals surface area contributed by atoms with Crippen LogP contribution in [0.5, 0.6) is 0 Å². The van der Waals surface area contributed by atoms with Crippen molar-refractivity contribution in [2.75, 3.05) is 35.7 Å². The summed E-state index contributed by atoms with van der Waals surface area (Å²) in [6, 6.07) is 6.40. The molecule has 1 aromatic heterocycles. The lowest BCUT2D eigenvalue weighted by Gasteiger charge is -2.19.